The second kappa shape index (κ2) is 7.78. The van der Waals surface area contributed by atoms with Gasteiger partial charge in [-0.05, 0) is 59.7 Å². The highest BCUT2D eigenvalue weighted by molar-refractivity contribution is 9.10. The summed E-state index contributed by atoms with van der Waals surface area (Å²) in [5.41, 5.74) is 0. The zero-order valence-electron chi connectivity index (χ0n) is 14.5. The number of hydrogen-bond donors (Lipinski definition) is 0. The summed E-state index contributed by atoms with van der Waals surface area (Å²) in [6.45, 7) is 3.50. The smallest absolute Gasteiger partial charge is 0.236 e. The fourth-order valence-electron chi connectivity index (χ4n) is 3.77. The first-order valence-electron chi connectivity index (χ1n) is 8.71. The molecule has 0 spiro atoms. The first kappa shape index (κ1) is 17.6. The van der Waals surface area contributed by atoms with Gasteiger partial charge in [-0.15, -0.1) is 10.2 Å². The molecule has 1 saturated heterocycles. The molecule has 6 nitrogen and oxygen atoms in total. The predicted octanol–water partition coefficient (Wildman–Crippen LogP) is 2.01. The van der Waals surface area contributed by atoms with E-state index in [1.54, 1.807) is 0 Å². The van der Waals surface area contributed by atoms with E-state index in [2.05, 4.69) is 43.0 Å². The molecule has 1 amide bonds. The number of carbonyl (C=O) groups is 1. The Hall–Kier alpha value is -1.21. The Morgan fingerprint density at radius 3 is 2.58 bits per heavy atom. The van der Waals surface area contributed by atoms with E-state index in [1.807, 2.05) is 24.1 Å². The van der Waals surface area contributed by atoms with Gasteiger partial charge in [0.25, 0.3) is 0 Å². The summed E-state index contributed by atoms with van der Waals surface area (Å²) in [5.74, 6) is 1.88. The molecule has 0 aromatic carbocycles. The molecule has 1 aromatic heterocycles. The fraction of sp³-hybridized carbons (Fsp3) is 0.706. The molecule has 1 aliphatic carbocycles. The molecule has 1 aliphatic heterocycles. The number of aromatic nitrogens is 2. The third kappa shape index (κ3) is 4.25. The van der Waals surface area contributed by atoms with Crippen molar-refractivity contribution in [1.29, 1.82) is 0 Å². The molecule has 3 rings (SSSR count). The minimum atomic E-state index is 0.261. The molecule has 7 heteroatoms. The highest BCUT2D eigenvalue weighted by atomic mass is 79.9. The van der Waals surface area contributed by atoms with Gasteiger partial charge < -0.3 is 9.80 Å². The molecule has 0 bridgehead atoms. The number of hydrogen-bond acceptors (Lipinski definition) is 5. The van der Waals surface area contributed by atoms with Gasteiger partial charge >= 0.3 is 0 Å². The number of piperazine rings is 1. The predicted molar refractivity (Wildman–Crippen MR) is 98.0 cm³/mol. The van der Waals surface area contributed by atoms with Crippen molar-refractivity contribution in [2.45, 2.75) is 31.7 Å². The molecule has 1 saturated carbocycles. The average Bonchev–Trinajstić information content (AvgIpc) is 2.58. The Labute approximate surface area is 152 Å². The lowest BCUT2D eigenvalue weighted by molar-refractivity contribution is -0.135. The van der Waals surface area contributed by atoms with E-state index < -0.39 is 0 Å². The number of anilines is 1. The third-order valence-corrected chi connectivity index (χ3v) is 5.78. The first-order valence-corrected chi connectivity index (χ1v) is 9.50. The van der Waals surface area contributed by atoms with Crippen LogP contribution in [0.3, 0.4) is 0 Å². The molecule has 0 unspecified atom stereocenters. The molecule has 2 heterocycles. The molecule has 2 fully saturated rings. The first-order chi connectivity index (χ1) is 11.5. The standard InChI is InChI=1S/C17H26BrN5O/c1-21-9-10-23(12-17(21)24)14-5-3-13(4-6-14)11-22(2)16-8-7-15(18)19-20-16/h7-8,13-14H,3-6,9-12H2,1-2H3/t13-,14-. The van der Waals surface area contributed by atoms with Crippen LogP contribution in [0, 0.1) is 5.92 Å². The Balaban J connectivity index is 1.46. The van der Waals surface area contributed by atoms with Crippen LogP contribution in [-0.2, 0) is 4.79 Å². The van der Waals surface area contributed by atoms with E-state index in [4.69, 9.17) is 0 Å². The molecule has 132 valence electrons. The number of carbonyl (C=O) groups excluding carboxylic acids is 1. The number of amides is 1. The van der Waals surface area contributed by atoms with Gasteiger partial charge in [0.1, 0.15) is 4.60 Å². The molecular formula is C17H26BrN5O. The zero-order chi connectivity index (χ0) is 17.1. The van der Waals surface area contributed by atoms with Gasteiger partial charge in [0.15, 0.2) is 5.82 Å². The van der Waals surface area contributed by atoms with E-state index in [0.717, 1.165) is 30.1 Å². The highest BCUT2D eigenvalue weighted by Gasteiger charge is 2.30. The van der Waals surface area contributed by atoms with E-state index in [0.29, 0.717) is 18.5 Å². The Kier molecular flexibility index (Phi) is 5.71. The maximum Gasteiger partial charge on any atom is 0.236 e. The fourth-order valence-corrected chi connectivity index (χ4v) is 3.99. The lowest BCUT2D eigenvalue weighted by Gasteiger charge is -2.41. The van der Waals surface area contributed by atoms with Crippen molar-refractivity contribution >= 4 is 27.7 Å². The van der Waals surface area contributed by atoms with Gasteiger partial charge in [-0.1, -0.05) is 0 Å². The van der Waals surface area contributed by atoms with E-state index in [9.17, 15) is 4.79 Å². The van der Waals surface area contributed by atoms with Crippen LogP contribution in [0.2, 0.25) is 0 Å². The second-order valence-corrected chi connectivity index (χ2v) is 7.87. The van der Waals surface area contributed by atoms with Gasteiger partial charge in [-0.2, -0.15) is 0 Å². The van der Waals surface area contributed by atoms with Gasteiger partial charge in [0, 0.05) is 39.8 Å². The van der Waals surface area contributed by atoms with Crippen LogP contribution in [0.1, 0.15) is 25.7 Å². The van der Waals surface area contributed by atoms with Crippen LogP contribution >= 0.6 is 15.9 Å². The SMILES string of the molecule is CN1CCN([C@H]2CC[C@H](CN(C)c3ccc(Br)nn3)CC2)CC1=O. The third-order valence-electron chi connectivity index (χ3n) is 5.36. The minimum absolute atomic E-state index is 0.261. The minimum Gasteiger partial charge on any atom is -0.358 e. The summed E-state index contributed by atoms with van der Waals surface area (Å²) in [7, 11) is 3.99. The second-order valence-electron chi connectivity index (χ2n) is 7.06. The monoisotopic (exact) mass is 395 g/mol. The summed E-state index contributed by atoms with van der Waals surface area (Å²) in [5, 5.41) is 8.29. The van der Waals surface area contributed by atoms with Crippen LogP contribution in [0.5, 0.6) is 0 Å². The zero-order valence-corrected chi connectivity index (χ0v) is 16.1. The summed E-state index contributed by atoms with van der Waals surface area (Å²) >= 11 is 3.32. The van der Waals surface area contributed by atoms with Gasteiger partial charge in [0.2, 0.25) is 5.91 Å². The maximum atomic E-state index is 11.9. The van der Waals surface area contributed by atoms with Gasteiger partial charge in [0.05, 0.1) is 6.54 Å². The van der Waals surface area contributed by atoms with Crippen LogP contribution < -0.4 is 4.90 Å². The number of likely N-dealkylation sites (N-methyl/N-ethyl adjacent to an activating group) is 1. The van der Waals surface area contributed by atoms with Crippen molar-refractivity contribution in [2.24, 2.45) is 5.92 Å². The van der Waals surface area contributed by atoms with Crippen molar-refractivity contribution < 1.29 is 4.79 Å². The van der Waals surface area contributed by atoms with Gasteiger partial charge in [-0.25, -0.2) is 0 Å². The van der Waals surface area contributed by atoms with Gasteiger partial charge in [-0.3, -0.25) is 9.69 Å². The van der Waals surface area contributed by atoms with Crippen molar-refractivity contribution in [2.75, 3.05) is 45.2 Å². The van der Waals surface area contributed by atoms with Crippen LogP contribution in [0.15, 0.2) is 16.7 Å². The molecule has 24 heavy (non-hydrogen) atoms. The number of rotatable bonds is 4. The topological polar surface area (TPSA) is 52.6 Å². The summed E-state index contributed by atoms with van der Waals surface area (Å²) < 4.78 is 0.766. The maximum absolute atomic E-state index is 11.9. The normalized spacial score (nSPS) is 25.8. The molecule has 2 aliphatic rings. The van der Waals surface area contributed by atoms with Crippen molar-refractivity contribution in [1.82, 2.24) is 20.0 Å². The lowest BCUT2D eigenvalue weighted by Crippen LogP contribution is -2.53. The highest BCUT2D eigenvalue weighted by Crippen LogP contribution is 2.29. The summed E-state index contributed by atoms with van der Waals surface area (Å²) in [6.07, 6.45) is 4.84. The average molecular weight is 396 g/mol. The number of nitrogens with zero attached hydrogens (tertiary/aromatic N) is 5. The van der Waals surface area contributed by atoms with Crippen LogP contribution in [-0.4, -0.2) is 72.2 Å². The van der Waals surface area contributed by atoms with Crippen molar-refractivity contribution in [3.63, 3.8) is 0 Å². The Morgan fingerprint density at radius 2 is 1.96 bits per heavy atom. The van der Waals surface area contributed by atoms with Crippen molar-refractivity contribution in [3.8, 4) is 0 Å². The molecule has 0 atom stereocenters. The Morgan fingerprint density at radius 1 is 1.21 bits per heavy atom. The van der Waals surface area contributed by atoms with Crippen molar-refractivity contribution in [3.05, 3.63) is 16.7 Å². The summed E-state index contributed by atoms with van der Waals surface area (Å²) in [4.78, 5) is 18.3. The quantitative estimate of drug-likeness (QED) is 0.780. The van der Waals surface area contributed by atoms with Crippen LogP contribution in [0.25, 0.3) is 0 Å². The molecule has 1 aromatic rings. The Bertz CT molecular complexity index is 559. The largest absolute Gasteiger partial charge is 0.358 e. The summed E-state index contributed by atoms with van der Waals surface area (Å²) in [6, 6.07) is 4.51. The molecule has 0 radical (unpaired) electrons. The lowest BCUT2D eigenvalue weighted by atomic mass is 9.84. The number of halogens is 1. The van der Waals surface area contributed by atoms with E-state index in [-0.39, 0.29) is 5.91 Å². The van der Waals surface area contributed by atoms with Crippen LogP contribution in [0.4, 0.5) is 5.82 Å². The molecule has 0 N–H and O–H groups in total. The molecular weight excluding hydrogens is 370 g/mol. The van der Waals surface area contributed by atoms with E-state index >= 15 is 0 Å². The van der Waals surface area contributed by atoms with E-state index in [1.165, 1.54) is 25.7 Å².